The molecule has 8 N–H and O–H groups in total. The van der Waals surface area contributed by atoms with E-state index in [0.29, 0.717) is 66.8 Å². The van der Waals surface area contributed by atoms with Crippen LogP contribution < -0.4 is 41.9 Å². The lowest BCUT2D eigenvalue weighted by atomic mass is 10.0. The number of ether oxygens (including phenoxy) is 2. The van der Waals surface area contributed by atoms with E-state index in [1.54, 1.807) is 74.5 Å². The first-order chi connectivity index (χ1) is 33.5. The van der Waals surface area contributed by atoms with Gasteiger partial charge in [-0.2, -0.15) is 18.0 Å². The normalized spacial score (nSPS) is 12.0. The maximum Gasteiger partial charge on any atom is 0.345 e. The van der Waals surface area contributed by atoms with Crippen LogP contribution in [-0.4, -0.2) is 94.7 Å². The van der Waals surface area contributed by atoms with Gasteiger partial charge in [-0.1, -0.05) is 38.1 Å². The minimum Gasteiger partial charge on any atom is -0.422 e. The Kier molecular flexibility index (Phi) is 15.7. The molecule has 0 aliphatic carbocycles. The highest BCUT2D eigenvalue weighted by Crippen LogP contribution is 2.30. The molecule has 0 spiro atoms. The minimum atomic E-state index is -4.16. The Morgan fingerprint density at radius 3 is 2.10 bits per heavy atom. The van der Waals surface area contributed by atoms with Crippen molar-refractivity contribution >= 4 is 78.4 Å². The predicted octanol–water partition coefficient (Wildman–Crippen LogP) is 3.93. The number of H-pyrrole nitrogens is 1. The monoisotopic (exact) mass is 973 g/mol. The number of carbonyl (C=O) groups is 4. The van der Waals surface area contributed by atoms with Gasteiger partial charge < -0.3 is 36.5 Å². The third kappa shape index (κ3) is 12.2. The molecule has 1 unspecified atom stereocenters. The highest BCUT2D eigenvalue weighted by Gasteiger charge is 2.27. The number of nitrogens with zero attached hydrogens (tertiary/aromatic N) is 4. The Bertz CT molecular complexity index is 3210. The van der Waals surface area contributed by atoms with Crippen LogP contribution in [0.4, 0.5) is 11.6 Å². The van der Waals surface area contributed by atoms with Gasteiger partial charge in [0.25, 0.3) is 27.5 Å². The molecule has 70 heavy (non-hydrogen) atoms. The first-order valence-electron chi connectivity index (χ1n) is 22.4. The van der Waals surface area contributed by atoms with Crippen LogP contribution in [0, 0.1) is 19.8 Å². The zero-order valence-electron chi connectivity index (χ0n) is 38.9. The molecule has 364 valence electrons. The van der Waals surface area contributed by atoms with Crippen LogP contribution in [0.5, 0.6) is 5.75 Å². The zero-order chi connectivity index (χ0) is 50.1. The molecule has 0 aliphatic rings. The van der Waals surface area contributed by atoms with Crippen molar-refractivity contribution in [2.45, 2.75) is 53.2 Å². The molecule has 21 heteroatoms. The molecule has 0 aliphatic heterocycles. The van der Waals surface area contributed by atoms with Crippen LogP contribution in [0.1, 0.15) is 68.2 Å². The summed E-state index contributed by atoms with van der Waals surface area (Å²) in [6.07, 6.45) is 1.64. The van der Waals surface area contributed by atoms with E-state index >= 15 is 0 Å². The lowest BCUT2D eigenvalue weighted by molar-refractivity contribution is -0.645. The average Bonchev–Trinajstić information content (AvgIpc) is 3.32. The number of esters is 1. The van der Waals surface area contributed by atoms with Crippen molar-refractivity contribution in [3.05, 3.63) is 135 Å². The van der Waals surface area contributed by atoms with Crippen LogP contribution in [0.15, 0.2) is 95.9 Å². The molecule has 1 atom stereocenters. The zero-order valence-corrected chi connectivity index (χ0v) is 39.7. The number of rotatable bonds is 20. The minimum absolute atomic E-state index is 0.0499. The quantitative estimate of drug-likeness (QED) is 0.0142. The van der Waals surface area contributed by atoms with Crippen molar-refractivity contribution in [1.82, 2.24) is 35.9 Å². The Morgan fingerprint density at radius 2 is 1.47 bits per heavy atom. The SMILES string of the molecule is Cc1cc(C(=O)NCCOCCNC(=O)C(NC(=O)c2ccc(NCc3cnc4nc(N)[nH]c(=O)c4n3)cc2)C(C)C)cc(C)c1OC(=O)c1c2ccccc2[n+](CCCS(=O)(=O)O)c2ccccc12. The van der Waals surface area contributed by atoms with Gasteiger partial charge in [-0.05, 0) is 79.4 Å². The molecule has 7 rings (SSSR count). The summed E-state index contributed by atoms with van der Waals surface area (Å²) in [6.45, 7) is 8.30. The Morgan fingerprint density at radius 1 is 0.843 bits per heavy atom. The second-order valence-electron chi connectivity index (χ2n) is 16.8. The smallest absolute Gasteiger partial charge is 0.345 e. The molecule has 7 aromatic rings. The number of aromatic nitrogens is 5. The van der Waals surface area contributed by atoms with Gasteiger partial charge in [-0.3, -0.25) is 28.7 Å². The van der Waals surface area contributed by atoms with Gasteiger partial charge in [0.1, 0.15) is 11.8 Å². The molecular weight excluding hydrogens is 921 g/mol. The molecule has 0 saturated carbocycles. The molecule has 20 nitrogen and oxygen atoms in total. The van der Waals surface area contributed by atoms with E-state index in [0.717, 1.165) is 0 Å². The molecule has 0 radical (unpaired) electrons. The molecule has 0 bridgehead atoms. The number of hydrogen-bond acceptors (Lipinski definition) is 14. The summed E-state index contributed by atoms with van der Waals surface area (Å²) in [5.41, 5.74) is 9.99. The van der Waals surface area contributed by atoms with Gasteiger partial charge in [-0.25, -0.2) is 14.8 Å². The summed E-state index contributed by atoms with van der Waals surface area (Å²) in [4.78, 5) is 80.5. The lowest BCUT2D eigenvalue weighted by Gasteiger charge is -2.22. The van der Waals surface area contributed by atoms with E-state index in [1.807, 2.05) is 42.7 Å². The van der Waals surface area contributed by atoms with Crippen molar-refractivity contribution in [3.8, 4) is 5.75 Å². The number of pyridine rings is 1. The maximum atomic E-state index is 14.1. The third-order valence-corrected chi connectivity index (χ3v) is 12.1. The van der Waals surface area contributed by atoms with Gasteiger partial charge in [0, 0.05) is 48.5 Å². The first-order valence-corrected chi connectivity index (χ1v) is 24.0. The third-order valence-electron chi connectivity index (χ3n) is 11.3. The first kappa shape index (κ1) is 50.0. The summed E-state index contributed by atoms with van der Waals surface area (Å²) in [6, 6.07) is 23.6. The summed E-state index contributed by atoms with van der Waals surface area (Å²) >= 11 is 0. The molecule has 3 heterocycles. The largest absolute Gasteiger partial charge is 0.422 e. The van der Waals surface area contributed by atoms with Crippen LogP contribution in [0.3, 0.4) is 0 Å². The standard InChI is InChI=1S/C49H52N10O10S/c1-28(2)40(56-45(61)31-14-16-33(17-15-31)53-26-34-27-54-43-41(55-34)47(63)58-49(50)57-43)46(62)52-19-22-68-21-18-51-44(60)32-24-29(3)42(30(4)25-32)69-48(64)39-35-10-5-7-12-37(35)59(20-9-23-70(65,66)67)38-13-8-6-11-36(38)39/h5-8,10-17,24-25,27-28,40H,9,18-23,26H2,1-4H3,(H7-,50,51,52,53,54,56,57,58,60,61,62,63,65,66,67)/p+1. The number of para-hydroxylation sites is 2. The fraction of sp³-hybridized carbons (Fsp3) is 0.286. The number of nitrogens with one attached hydrogen (secondary N) is 5. The molecule has 3 amide bonds. The molecule has 0 fully saturated rings. The Balaban J connectivity index is 0.859. The van der Waals surface area contributed by atoms with Gasteiger partial charge in [0.15, 0.2) is 17.7 Å². The van der Waals surface area contributed by atoms with Crippen molar-refractivity contribution in [2.75, 3.05) is 43.1 Å². The number of aromatic amines is 1. The van der Waals surface area contributed by atoms with Crippen molar-refractivity contribution in [1.29, 1.82) is 0 Å². The lowest BCUT2D eigenvalue weighted by Crippen LogP contribution is -2.50. The number of fused-ring (bicyclic) bond motifs is 3. The van der Waals surface area contributed by atoms with E-state index in [-0.39, 0.29) is 80.7 Å². The van der Waals surface area contributed by atoms with E-state index in [1.165, 1.54) is 6.20 Å². The van der Waals surface area contributed by atoms with Crippen molar-refractivity contribution < 1.29 is 46.2 Å². The van der Waals surface area contributed by atoms with E-state index in [9.17, 15) is 36.9 Å². The Labute approximate surface area is 402 Å². The van der Waals surface area contributed by atoms with Crippen molar-refractivity contribution in [2.24, 2.45) is 5.92 Å². The fourth-order valence-electron chi connectivity index (χ4n) is 7.91. The summed E-state index contributed by atoms with van der Waals surface area (Å²) in [5.74, 6) is -2.15. The fourth-order valence-corrected chi connectivity index (χ4v) is 8.41. The second kappa shape index (κ2) is 22.0. The van der Waals surface area contributed by atoms with Gasteiger partial charge in [0.05, 0.1) is 53.7 Å². The number of hydrogen-bond donors (Lipinski definition) is 7. The van der Waals surface area contributed by atoms with Crippen LogP contribution in [0.2, 0.25) is 0 Å². The molecule has 3 aromatic heterocycles. The number of benzene rings is 4. The van der Waals surface area contributed by atoms with Crippen LogP contribution >= 0.6 is 0 Å². The Hall–Kier alpha value is -7.88. The van der Waals surface area contributed by atoms with E-state index < -0.39 is 39.3 Å². The number of carbonyl (C=O) groups excluding carboxylic acids is 4. The summed E-state index contributed by atoms with van der Waals surface area (Å²) in [5, 5.41) is 12.8. The number of anilines is 2. The highest BCUT2D eigenvalue weighted by atomic mass is 32.2. The van der Waals surface area contributed by atoms with E-state index in [4.69, 9.17) is 15.2 Å². The maximum absolute atomic E-state index is 14.1. The molecule has 0 saturated heterocycles. The van der Waals surface area contributed by atoms with E-state index in [2.05, 4.69) is 41.2 Å². The number of nitrogen functional groups attached to an aromatic ring is 1. The van der Waals surface area contributed by atoms with Crippen LogP contribution in [0.25, 0.3) is 33.0 Å². The van der Waals surface area contributed by atoms with Gasteiger partial charge in [-0.15, -0.1) is 0 Å². The summed E-state index contributed by atoms with van der Waals surface area (Å²) in [7, 11) is -4.16. The van der Waals surface area contributed by atoms with Crippen molar-refractivity contribution in [3.63, 3.8) is 0 Å². The number of amides is 3. The summed E-state index contributed by atoms with van der Waals surface area (Å²) < 4.78 is 45.9. The topological polar surface area (TPSA) is 291 Å². The highest BCUT2D eigenvalue weighted by molar-refractivity contribution is 7.85. The number of nitrogens with two attached hydrogens (primary N) is 1. The van der Waals surface area contributed by atoms with Gasteiger partial charge >= 0.3 is 5.97 Å². The molecular formula is C49H53N10O10S+. The molecule has 4 aromatic carbocycles. The van der Waals surface area contributed by atoms with Gasteiger partial charge in [0.2, 0.25) is 22.9 Å². The number of aryl methyl sites for hydroxylation is 3. The average molecular weight is 974 g/mol. The second-order valence-corrected chi connectivity index (χ2v) is 18.4. The predicted molar refractivity (Wildman–Crippen MR) is 262 cm³/mol. The van der Waals surface area contributed by atoms with Crippen LogP contribution in [-0.2, 0) is 32.7 Å².